The Kier molecular flexibility index (Phi) is 8.86. The molecule has 160 valence electrons. The minimum Gasteiger partial charge on any atom is -0.418 e. The van der Waals surface area contributed by atoms with Crippen molar-refractivity contribution in [3.63, 3.8) is 0 Å². The lowest BCUT2D eigenvalue weighted by Gasteiger charge is -2.33. The molecule has 2 aliphatic rings. The summed E-state index contributed by atoms with van der Waals surface area (Å²) in [7, 11) is -6.41. The van der Waals surface area contributed by atoms with Crippen LogP contribution < -0.4 is 5.30 Å². The summed E-state index contributed by atoms with van der Waals surface area (Å²) in [5, 5.41) is 1.77. The summed E-state index contributed by atoms with van der Waals surface area (Å²) in [5.41, 5.74) is 3.92. The predicted molar refractivity (Wildman–Crippen MR) is 117 cm³/mol. The van der Waals surface area contributed by atoms with Crippen molar-refractivity contribution in [1.82, 2.24) is 0 Å². The molecule has 2 aliphatic carbocycles. The molecule has 0 aliphatic heterocycles. The van der Waals surface area contributed by atoms with Crippen molar-refractivity contribution < 1.29 is 17.3 Å². The van der Waals surface area contributed by atoms with Crippen molar-refractivity contribution in [3.8, 4) is 0 Å². The summed E-state index contributed by atoms with van der Waals surface area (Å²) < 4.78 is 39.0. The van der Waals surface area contributed by atoms with Gasteiger partial charge in [0.25, 0.3) is 0 Å². The molecule has 0 bridgehead atoms. The summed E-state index contributed by atoms with van der Waals surface area (Å²) in [6.45, 7) is 7.08. The highest BCUT2D eigenvalue weighted by molar-refractivity contribution is 7.67. The average molecular weight is 418 g/mol. The van der Waals surface area contributed by atoms with Crippen LogP contribution in [0.15, 0.2) is 24.3 Å². The Morgan fingerprint density at radius 2 is 1.21 bits per heavy atom. The van der Waals surface area contributed by atoms with Crippen molar-refractivity contribution in [1.29, 1.82) is 0 Å². The number of halogens is 4. The Labute approximate surface area is 169 Å². The lowest BCUT2D eigenvalue weighted by Crippen LogP contribution is -2.27. The van der Waals surface area contributed by atoms with Crippen LogP contribution in [0.1, 0.15) is 90.5 Å². The topological polar surface area (TPSA) is 0 Å². The fourth-order valence-corrected chi connectivity index (χ4v) is 9.08. The number of hydrogen-bond acceptors (Lipinski definition) is 0. The molecule has 0 nitrogen and oxygen atoms in total. The fourth-order valence-electron chi connectivity index (χ4n) is 4.80. The van der Waals surface area contributed by atoms with Crippen LogP contribution in [0.2, 0.25) is 0 Å². The highest BCUT2D eigenvalue weighted by atomic mass is 31.1. The number of benzene rings is 1. The summed E-state index contributed by atoms with van der Waals surface area (Å²) in [4.78, 5) is 0. The molecule has 28 heavy (non-hydrogen) atoms. The van der Waals surface area contributed by atoms with E-state index in [4.69, 9.17) is 0 Å². The molecule has 0 spiro atoms. The van der Waals surface area contributed by atoms with Gasteiger partial charge in [0.15, 0.2) is 0 Å². The fraction of sp³-hybridized carbons (Fsp3) is 0.727. The average Bonchev–Trinajstić information content (AvgIpc) is 2.62. The van der Waals surface area contributed by atoms with E-state index in [1.165, 1.54) is 64.2 Å². The molecule has 0 atom stereocenters. The summed E-state index contributed by atoms with van der Waals surface area (Å²) in [6, 6.07) is 9.81. The van der Waals surface area contributed by atoms with Gasteiger partial charge in [0, 0.05) is 7.92 Å². The highest BCUT2D eigenvalue weighted by Crippen LogP contribution is 2.55. The third-order valence-corrected chi connectivity index (χ3v) is 10.0. The molecule has 0 unspecified atom stereocenters. The molecule has 1 aromatic rings. The SMILES string of the molecule is CC(C)(C)c1cccc([PH+](C2CCCCC2)C2CCCCC2)c1.F[B-](F)(F)F. The van der Waals surface area contributed by atoms with E-state index in [1.807, 2.05) is 0 Å². The van der Waals surface area contributed by atoms with Crippen molar-refractivity contribution in [2.75, 3.05) is 0 Å². The van der Waals surface area contributed by atoms with E-state index in [2.05, 4.69) is 45.0 Å². The van der Waals surface area contributed by atoms with Gasteiger partial charge in [0.2, 0.25) is 0 Å². The van der Waals surface area contributed by atoms with Crippen LogP contribution in [-0.2, 0) is 5.41 Å². The van der Waals surface area contributed by atoms with Gasteiger partial charge in [-0.05, 0) is 74.5 Å². The minimum absolute atomic E-state index is 0.280. The van der Waals surface area contributed by atoms with E-state index >= 15 is 0 Å². The van der Waals surface area contributed by atoms with Crippen molar-refractivity contribution >= 4 is 20.5 Å². The van der Waals surface area contributed by atoms with E-state index in [9.17, 15) is 17.3 Å². The van der Waals surface area contributed by atoms with E-state index in [0.717, 1.165) is 11.3 Å². The molecule has 3 rings (SSSR count). The molecule has 2 saturated carbocycles. The molecule has 1 aromatic carbocycles. The predicted octanol–water partition coefficient (Wildman–Crippen LogP) is 7.79. The summed E-state index contributed by atoms with van der Waals surface area (Å²) in [5.74, 6) is 0. The summed E-state index contributed by atoms with van der Waals surface area (Å²) >= 11 is 0. The molecule has 0 N–H and O–H groups in total. The van der Waals surface area contributed by atoms with Crippen LogP contribution in [0.3, 0.4) is 0 Å². The van der Waals surface area contributed by atoms with E-state index in [1.54, 1.807) is 10.9 Å². The molecule has 6 heteroatoms. The second-order valence-corrected chi connectivity index (χ2v) is 12.6. The zero-order chi connectivity index (χ0) is 20.8. The van der Waals surface area contributed by atoms with Gasteiger partial charge in [-0.1, -0.05) is 45.7 Å². The van der Waals surface area contributed by atoms with Crippen LogP contribution in [0.5, 0.6) is 0 Å². The van der Waals surface area contributed by atoms with Gasteiger partial charge in [-0.15, -0.1) is 0 Å². The van der Waals surface area contributed by atoms with Gasteiger partial charge < -0.3 is 17.3 Å². The number of rotatable bonds is 3. The molecular weight excluding hydrogens is 382 g/mol. The zero-order valence-corrected chi connectivity index (χ0v) is 18.6. The smallest absolute Gasteiger partial charge is 0.418 e. The van der Waals surface area contributed by atoms with Gasteiger partial charge in [-0.3, -0.25) is 0 Å². The molecule has 0 amide bonds. The first kappa shape index (κ1) is 23.7. The Morgan fingerprint density at radius 3 is 1.61 bits per heavy atom. The molecule has 0 aromatic heterocycles. The summed E-state index contributed by atoms with van der Waals surface area (Å²) in [6.07, 6.45) is 15.0. The first-order valence-electron chi connectivity index (χ1n) is 10.9. The lowest BCUT2D eigenvalue weighted by molar-refractivity contribution is 0.368. The Morgan fingerprint density at radius 1 is 0.786 bits per heavy atom. The van der Waals surface area contributed by atoms with Gasteiger partial charge in [-0.2, -0.15) is 0 Å². The van der Waals surface area contributed by atoms with Crippen LogP contribution in [-0.4, -0.2) is 18.6 Å². The largest absolute Gasteiger partial charge is 0.673 e. The third kappa shape index (κ3) is 8.05. The first-order chi connectivity index (χ1) is 13.1. The van der Waals surface area contributed by atoms with Gasteiger partial charge in [0.05, 0.1) is 16.6 Å². The molecule has 0 heterocycles. The molecule has 0 saturated heterocycles. The van der Waals surface area contributed by atoms with E-state index < -0.39 is 15.2 Å². The monoisotopic (exact) mass is 418 g/mol. The van der Waals surface area contributed by atoms with Crippen LogP contribution in [0.4, 0.5) is 17.3 Å². The van der Waals surface area contributed by atoms with Crippen LogP contribution in [0, 0.1) is 0 Å². The maximum absolute atomic E-state index is 9.75. The Bertz CT molecular complexity index is 561. The second kappa shape index (κ2) is 10.5. The molecule has 2 fully saturated rings. The van der Waals surface area contributed by atoms with E-state index in [-0.39, 0.29) is 5.41 Å². The first-order valence-corrected chi connectivity index (χ1v) is 12.6. The van der Waals surface area contributed by atoms with Crippen LogP contribution >= 0.6 is 7.92 Å². The van der Waals surface area contributed by atoms with E-state index in [0.29, 0.717) is 0 Å². The quantitative estimate of drug-likeness (QED) is 0.267. The zero-order valence-electron chi connectivity index (χ0n) is 17.6. The van der Waals surface area contributed by atoms with Crippen molar-refractivity contribution in [3.05, 3.63) is 29.8 Å². The molecule has 0 radical (unpaired) electrons. The lowest BCUT2D eigenvalue weighted by atomic mass is 9.87. The van der Waals surface area contributed by atoms with Gasteiger partial charge >= 0.3 is 7.25 Å². The minimum atomic E-state index is -6.00. The maximum atomic E-state index is 9.75. The van der Waals surface area contributed by atoms with Gasteiger partial charge in [-0.25, -0.2) is 0 Å². The normalized spacial score (nSPS) is 20.0. The maximum Gasteiger partial charge on any atom is 0.673 e. The molecular formula is C22H36BF4P. The third-order valence-electron chi connectivity index (χ3n) is 6.15. The number of hydrogen-bond donors (Lipinski definition) is 0. The second-order valence-electron chi connectivity index (χ2n) is 9.45. The Hall–Kier alpha value is -0.565. The highest BCUT2D eigenvalue weighted by Gasteiger charge is 2.39. The Balaban J connectivity index is 0.000000500. The van der Waals surface area contributed by atoms with Crippen LogP contribution in [0.25, 0.3) is 0 Å². The van der Waals surface area contributed by atoms with Crippen molar-refractivity contribution in [2.45, 2.75) is 102 Å². The van der Waals surface area contributed by atoms with Crippen molar-refractivity contribution in [2.24, 2.45) is 0 Å². The van der Waals surface area contributed by atoms with Gasteiger partial charge in [0.1, 0.15) is 0 Å². The standard InChI is InChI=1S/C22H35P.BF4/c1-22(2,3)18-11-10-16-21(17-18)23(19-12-6-4-7-13-19)20-14-8-5-9-15-20;2-1(3,4)5/h10-11,16-17,19-20H,4-9,12-15H2,1-3H3;/q;-1/p+1.